The second kappa shape index (κ2) is 5.05. The summed E-state index contributed by atoms with van der Waals surface area (Å²) >= 11 is 0. The van der Waals surface area contributed by atoms with Gasteiger partial charge in [0.15, 0.2) is 0 Å². The molecule has 0 saturated heterocycles. The van der Waals surface area contributed by atoms with Gasteiger partial charge in [0.25, 0.3) is 0 Å². The van der Waals surface area contributed by atoms with Crippen molar-refractivity contribution in [2.75, 3.05) is 0 Å². The molecule has 3 aromatic rings. The number of carbonyl (C=O) groups is 1. The minimum atomic E-state index is -0.947. The minimum absolute atomic E-state index is 0.269. The minimum Gasteiger partial charge on any atom is -0.478 e. The molecule has 1 heterocycles. The van der Waals surface area contributed by atoms with E-state index in [1.165, 1.54) is 0 Å². The Morgan fingerprint density at radius 3 is 2.35 bits per heavy atom. The first kappa shape index (κ1) is 12.2. The van der Waals surface area contributed by atoms with E-state index in [0.29, 0.717) is 11.3 Å². The van der Waals surface area contributed by atoms with Crippen molar-refractivity contribution in [3.05, 3.63) is 72.5 Å². The van der Waals surface area contributed by atoms with Crippen LogP contribution in [0.1, 0.15) is 10.4 Å². The first-order chi connectivity index (χ1) is 9.77. The third kappa shape index (κ3) is 2.10. The molecule has 20 heavy (non-hydrogen) atoms. The summed E-state index contributed by atoms with van der Waals surface area (Å²) in [6, 6.07) is 18.3. The fraction of sp³-hybridized carbons (Fsp3) is 0. The van der Waals surface area contributed by atoms with Crippen LogP contribution < -0.4 is 0 Å². The van der Waals surface area contributed by atoms with Crippen molar-refractivity contribution >= 4 is 5.97 Å². The molecule has 3 nitrogen and oxygen atoms in total. The summed E-state index contributed by atoms with van der Waals surface area (Å²) in [5, 5.41) is 9.42. The molecule has 0 bridgehead atoms. The second-order valence-corrected chi connectivity index (χ2v) is 4.38. The summed E-state index contributed by atoms with van der Waals surface area (Å²) in [6.07, 6.45) is 1.58. The van der Waals surface area contributed by atoms with E-state index in [0.717, 1.165) is 11.1 Å². The largest absolute Gasteiger partial charge is 0.478 e. The quantitative estimate of drug-likeness (QED) is 0.766. The van der Waals surface area contributed by atoms with Gasteiger partial charge in [-0.2, -0.15) is 0 Å². The molecule has 0 aliphatic carbocycles. The number of hydrogen-bond acceptors (Lipinski definition) is 2. The molecule has 0 unspecified atom stereocenters. The van der Waals surface area contributed by atoms with Gasteiger partial charge in [0, 0.05) is 11.1 Å². The summed E-state index contributed by atoms with van der Waals surface area (Å²) in [5.41, 5.74) is 2.58. The molecular formula is C17H12O3. The Labute approximate surface area is 116 Å². The van der Waals surface area contributed by atoms with E-state index in [1.54, 1.807) is 24.5 Å². The van der Waals surface area contributed by atoms with Gasteiger partial charge < -0.3 is 9.52 Å². The normalized spacial score (nSPS) is 10.4. The molecule has 0 amide bonds. The van der Waals surface area contributed by atoms with Gasteiger partial charge in [-0.25, -0.2) is 4.79 Å². The van der Waals surface area contributed by atoms with Crippen molar-refractivity contribution in [2.45, 2.75) is 0 Å². The van der Waals surface area contributed by atoms with Crippen LogP contribution in [0.2, 0.25) is 0 Å². The number of hydrogen-bond donors (Lipinski definition) is 1. The second-order valence-electron chi connectivity index (χ2n) is 4.38. The Bertz CT molecular complexity index is 728. The van der Waals surface area contributed by atoms with Crippen LogP contribution in [0.15, 0.2) is 71.3 Å². The summed E-state index contributed by atoms with van der Waals surface area (Å²) in [4.78, 5) is 11.5. The first-order valence-corrected chi connectivity index (χ1v) is 6.23. The molecule has 0 atom stereocenters. The Morgan fingerprint density at radius 2 is 1.70 bits per heavy atom. The van der Waals surface area contributed by atoms with Gasteiger partial charge in [-0.3, -0.25) is 0 Å². The number of benzene rings is 2. The van der Waals surface area contributed by atoms with Crippen molar-refractivity contribution in [2.24, 2.45) is 0 Å². The summed E-state index contributed by atoms with van der Waals surface area (Å²) < 4.78 is 5.42. The molecule has 1 aromatic heterocycles. The van der Waals surface area contributed by atoms with Crippen molar-refractivity contribution in [3.8, 4) is 22.5 Å². The van der Waals surface area contributed by atoms with Crippen LogP contribution in [0.3, 0.4) is 0 Å². The van der Waals surface area contributed by atoms with Gasteiger partial charge in [-0.1, -0.05) is 42.5 Å². The maximum atomic E-state index is 11.5. The third-order valence-electron chi connectivity index (χ3n) is 3.14. The molecule has 0 saturated carbocycles. The molecular weight excluding hydrogens is 252 g/mol. The van der Waals surface area contributed by atoms with E-state index in [9.17, 15) is 9.90 Å². The molecule has 0 aliphatic heterocycles. The molecule has 3 rings (SSSR count). The highest BCUT2D eigenvalue weighted by atomic mass is 16.4. The van der Waals surface area contributed by atoms with Crippen molar-refractivity contribution < 1.29 is 14.3 Å². The standard InChI is InChI=1S/C17H12O3/c18-17(19)14-9-4-8-13(15-10-5-11-20-15)16(14)12-6-2-1-3-7-12/h1-11H,(H,18,19). The Hall–Kier alpha value is -2.81. The predicted molar refractivity (Wildman–Crippen MR) is 76.5 cm³/mol. The van der Waals surface area contributed by atoms with Crippen LogP contribution in [-0.4, -0.2) is 11.1 Å². The zero-order chi connectivity index (χ0) is 13.9. The Morgan fingerprint density at radius 1 is 0.900 bits per heavy atom. The lowest BCUT2D eigenvalue weighted by atomic mass is 9.93. The Balaban J connectivity index is 2.31. The third-order valence-corrected chi connectivity index (χ3v) is 3.14. The maximum absolute atomic E-state index is 11.5. The smallest absolute Gasteiger partial charge is 0.336 e. The van der Waals surface area contributed by atoms with E-state index < -0.39 is 5.97 Å². The molecule has 2 aromatic carbocycles. The zero-order valence-corrected chi connectivity index (χ0v) is 10.6. The fourth-order valence-electron chi connectivity index (χ4n) is 2.28. The fourth-order valence-corrected chi connectivity index (χ4v) is 2.28. The molecule has 0 spiro atoms. The molecule has 3 heteroatoms. The number of furan rings is 1. The van der Waals surface area contributed by atoms with Crippen LogP contribution >= 0.6 is 0 Å². The SMILES string of the molecule is O=C(O)c1cccc(-c2ccco2)c1-c1ccccc1. The van der Waals surface area contributed by atoms with Crippen LogP contribution in [-0.2, 0) is 0 Å². The zero-order valence-electron chi connectivity index (χ0n) is 10.6. The monoisotopic (exact) mass is 264 g/mol. The van der Waals surface area contributed by atoms with E-state index >= 15 is 0 Å². The van der Waals surface area contributed by atoms with E-state index in [1.807, 2.05) is 42.5 Å². The summed E-state index contributed by atoms with van der Waals surface area (Å²) in [5.74, 6) is -0.288. The van der Waals surface area contributed by atoms with E-state index in [4.69, 9.17) is 4.42 Å². The van der Waals surface area contributed by atoms with E-state index in [-0.39, 0.29) is 5.56 Å². The maximum Gasteiger partial charge on any atom is 0.336 e. The van der Waals surface area contributed by atoms with Gasteiger partial charge >= 0.3 is 5.97 Å². The predicted octanol–water partition coefficient (Wildman–Crippen LogP) is 4.31. The lowest BCUT2D eigenvalue weighted by Crippen LogP contribution is -2.00. The van der Waals surface area contributed by atoms with Crippen molar-refractivity contribution in [1.82, 2.24) is 0 Å². The van der Waals surface area contributed by atoms with Gasteiger partial charge in [0.2, 0.25) is 0 Å². The lowest BCUT2D eigenvalue weighted by molar-refractivity contribution is 0.0698. The summed E-state index contributed by atoms with van der Waals surface area (Å²) in [7, 11) is 0. The topological polar surface area (TPSA) is 50.4 Å². The van der Waals surface area contributed by atoms with Gasteiger partial charge in [0.1, 0.15) is 5.76 Å². The average Bonchev–Trinajstić information content (AvgIpc) is 3.01. The molecule has 0 radical (unpaired) electrons. The number of carboxylic acid groups (broad SMARTS) is 1. The van der Waals surface area contributed by atoms with Crippen LogP contribution in [0.25, 0.3) is 22.5 Å². The van der Waals surface area contributed by atoms with Crippen LogP contribution in [0, 0.1) is 0 Å². The highest BCUT2D eigenvalue weighted by molar-refractivity contribution is 6.00. The van der Waals surface area contributed by atoms with Crippen LogP contribution in [0.5, 0.6) is 0 Å². The van der Waals surface area contributed by atoms with Gasteiger partial charge in [0.05, 0.1) is 11.8 Å². The summed E-state index contributed by atoms with van der Waals surface area (Å²) in [6.45, 7) is 0. The molecule has 98 valence electrons. The van der Waals surface area contributed by atoms with Crippen molar-refractivity contribution in [1.29, 1.82) is 0 Å². The average molecular weight is 264 g/mol. The Kier molecular flexibility index (Phi) is 3.09. The van der Waals surface area contributed by atoms with Crippen molar-refractivity contribution in [3.63, 3.8) is 0 Å². The highest BCUT2D eigenvalue weighted by Gasteiger charge is 2.17. The highest BCUT2D eigenvalue weighted by Crippen LogP contribution is 2.35. The lowest BCUT2D eigenvalue weighted by Gasteiger charge is -2.11. The molecule has 0 aliphatic rings. The molecule has 0 fully saturated rings. The van der Waals surface area contributed by atoms with Gasteiger partial charge in [-0.05, 0) is 23.8 Å². The molecule has 1 N–H and O–H groups in total. The number of aromatic carboxylic acids is 1. The van der Waals surface area contributed by atoms with Gasteiger partial charge in [-0.15, -0.1) is 0 Å². The van der Waals surface area contributed by atoms with E-state index in [2.05, 4.69) is 0 Å². The number of rotatable bonds is 3. The van der Waals surface area contributed by atoms with Crippen LogP contribution in [0.4, 0.5) is 0 Å². The first-order valence-electron chi connectivity index (χ1n) is 6.23. The number of carboxylic acids is 1.